The van der Waals surface area contributed by atoms with Crippen molar-refractivity contribution < 1.29 is 13.9 Å². The van der Waals surface area contributed by atoms with Gasteiger partial charge in [-0.2, -0.15) is 0 Å². The van der Waals surface area contributed by atoms with E-state index in [4.69, 9.17) is 4.42 Å². The molecule has 2 nitrogen and oxygen atoms in total. The molecular weight excluding hydrogens is 255 g/mol. The van der Waals surface area contributed by atoms with Gasteiger partial charge in [0.2, 0.25) is 0 Å². The van der Waals surface area contributed by atoms with Crippen molar-refractivity contribution in [2.45, 2.75) is 51.0 Å². The van der Waals surface area contributed by atoms with E-state index in [0.29, 0.717) is 11.3 Å². The number of furan rings is 1. The van der Waals surface area contributed by atoms with Gasteiger partial charge >= 0.3 is 0 Å². The minimum absolute atomic E-state index is 0.275. The van der Waals surface area contributed by atoms with Crippen molar-refractivity contribution in [1.82, 2.24) is 0 Å². The Balaban J connectivity index is 1.83. The van der Waals surface area contributed by atoms with Crippen LogP contribution >= 0.6 is 0 Å². The summed E-state index contributed by atoms with van der Waals surface area (Å²) in [5.74, 6) is 1.04. The quantitative estimate of drug-likeness (QED) is 0.877. The topological polar surface area (TPSA) is 33.4 Å². The standard InChI is InChI=1S/C17H21FO2/c1-2-3-12-6-8-17(19,9-7-12)16-11-13-10-14(18)4-5-15(13)20-16/h4-5,10-12,19H,2-3,6-9H2,1H3. The fourth-order valence-electron chi connectivity index (χ4n) is 3.34. The third kappa shape index (κ3) is 2.47. The van der Waals surface area contributed by atoms with Gasteiger partial charge in [0.25, 0.3) is 0 Å². The number of fused-ring (bicyclic) bond motifs is 1. The lowest BCUT2D eigenvalue weighted by Gasteiger charge is -2.34. The first-order chi connectivity index (χ1) is 9.60. The molecule has 1 saturated carbocycles. The third-order valence-electron chi connectivity index (χ3n) is 4.57. The third-order valence-corrected chi connectivity index (χ3v) is 4.57. The minimum Gasteiger partial charge on any atom is -0.458 e. The number of hydrogen-bond donors (Lipinski definition) is 1. The summed E-state index contributed by atoms with van der Waals surface area (Å²) in [6.07, 6.45) is 5.99. The lowest BCUT2D eigenvalue weighted by atomic mass is 9.76. The largest absolute Gasteiger partial charge is 0.458 e. The van der Waals surface area contributed by atoms with E-state index in [0.717, 1.165) is 37.0 Å². The van der Waals surface area contributed by atoms with Crippen molar-refractivity contribution in [1.29, 1.82) is 0 Å². The monoisotopic (exact) mass is 276 g/mol. The second-order valence-electron chi connectivity index (χ2n) is 6.06. The van der Waals surface area contributed by atoms with E-state index >= 15 is 0 Å². The van der Waals surface area contributed by atoms with Crippen molar-refractivity contribution >= 4 is 11.0 Å². The van der Waals surface area contributed by atoms with Gasteiger partial charge in [0, 0.05) is 5.39 Å². The Kier molecular flexibility index (Phi) is 3.55. The number of aliphatic hydroxyl groups is 1. The predicted octanol–water partition coefficient (Wildman–Crippen LogP) is 4.75. The lowest BCUT2D eigenvalue weighted by molar-refractivity contribution is -0.0317. The highest BCUT2D eigenvalue weighted by molar-refractivity contribution is 5.78. The highest BCUT2D eigenvalue weighted by Gasteiger charge is 2.37. The lowest BCUT2D eigenvalue weighted by Crippen LogP contribution is -2.31. The van der Waals surface area contributed by atoms with E-state index < -0.39 is 5.60 Å². The maximum Gasteiger partial charge on any atom is 0.136 e. The van der Waals surface area contributed by atoms with Crippen molar-refractivity contribution in [2.75, 3.05) is 0 Å². The number of rotatable bonds is 3. The zero-order valence-electron chi connectivity index (χ0n) is 11.9. The molecule has 1 aliphatic carbocycles. The number of hydrogen-bond acceptors (Lipinski definition) is 2. The van der Waals surface area contributed by atoms with Crippen molar-refractivity contribution in [3.63, 3.8) is 0 Å². The molecule has 1 N–H and O–H groups in total. The van der Waals surface area contributed by atoms with Crippen LogP contribution in [0.15, 0.2) is 28.7 Å². The number of benzene rings is 1. The normalized spacial score (nSPS) is 27.1. The molecule has 1 fully saturated rings. The van der Waals surface area contributed by atoms with E-state index in [2.05, 4.69) is 6.92 Å². The first-order valence-corrected chi connectivity index (χ1v) is 7.53. The van der Waals surface area contributed by atoms with Crippen LogP contribution in [-0.4, -0.2) is 5.11 Å². The van der Waals surface area contributed by atoms with Gasteiger partial charge in [-0.25, -0.2) is 4.39 Å². The van der Waals surface area contributed by atoms with Crippen LogP contribution in [0.5, 0.6) is 0 Å². The average molecular weight is 276 g/mol. The van der Waals surface area contributed by atoms with Crippen LogP contribution < -0.4 is 0 Å². The minimum atomic E-state index is -0.875. The molecule has 1 aliphatic rings. The molecular formula is C17H21FO2. The Bertz CT molecular complexity index is 594. The first-order valence-electron chi connectivity index (χ1n) is 7.53. The zero-order valence-corrected chi connectivity index (χ0v) is 11.9. The summed E-state index contributed by atoms with van der Waals surface area (Å²) in [5, 5.41) is 11.5. The summed E-state index contributed by atoms with van der Waals surface area (Å²) in [4.78, 5) is 0. The molecule has 0 bridgehead atoms. The highest BCUT2D eigenvalue weighted by atomic mass is 19.1. The van der Waals surface area contributed by atoms with Crippen molar-refractivity contribution in [2.24, 2.45) is 5.92 Å². The molecule has 20 heavy (non-hydrogen) atoms. The Labute approximate surface area is 118 Å². The Morgan fingerprint density at radius 2 is 2.05 bits per heavy atom. The Hall–Kier alpha value is -1.35. The molecule has 3 rings (SSSR count). The highest BCUT2D eigenvalue weighted by Crippen LogP contribution is 2.42. The molecule has 0 unspecified atom stereocenters. The summed E-state index contributed by atoms with van der Waals surface area (Å²) >= 11 is 0. The van der Waals surface area contributed by atoms with Gasteiger partial charge in [-0.15, -0.1) is 0 Å². The van der Waals surface area contributed by atoms with Gasteiger partial charge in [-0.3, -0.25) is 0 Å². The molecule has 0 amide bonds. The molecule has 0 radical (unpaired) electrons. The molecule has 2 aromatic rings. The van der Waals surface area contributed by atoms with Gasteiger partial charge in [-0.05, 0) is 55.9 Å². The zero-order chi connectivity index (χ0) is 14.2. The van der Waals surface area contributed by atoms with Crippen molar-refractivity contribution in [3.8, 4) is 0 Å². The Morgan fingerprint density at radius 3 is 2.75 bits per heavy atom. The summed E-state index contributed by atoms with van der Waals surface area (Å²) in [6, 6.07) is 6.25. The van der Waals surface area contributed by atoms with Crippen molar-refractivity contribution in [3.05, 3.63) is 35.8 Å². The summed E-state index contributed by atoms with van der Waals surface area (Å²) in [5.41, 5.74) is -0.231. The van der Waals surface area contributed by atoms with Crippen LogP contribution in [0, 0.1) is 11.7 Å². The smallest absolute Gasteiger partial charge is 0.136 e. The molecule has 1 aromatic carbocycles. The molecule has 108 valence electrons. The maximum absolute atomic E-state index is 13.2. The summed E-state index contributed by atoms with van der Waals surface area (Å²) in [6.45, 7) is 2.20. The van der Waals surface area contributed by atoms with E-state index in [-0.39, 0.29) is 5.82 Å². The molecule has 0 spiro atoms. The SMILES string of the molecule is CCCC1CCC(O)(c2cc3cc(F)ccc3o2)CC1. The second-order valence-corrected chi connectivity index (χ2v) is 6.06. The number of halogens is 1. The maximum atomic E-state index is 13.2. The molecule has 0 aliphatic heterocycles. The van der Waals surface area contributed by atoms with Gasteiger partial charge in [0.15, 0.2) is 0 Å². The summed E-state index contributed by atoms with van der Waals surface area (Å²) in [7, 11) is 0. The first kappa shape index (κ1) is 13.6. The van der Waals surface area contributed by atoms with E-state index in [1.807, 2.05) is 0 Å². The Morgan fingerprint density at radius 1 is 1.30 bits per heavy atom. The van der Waals surface area contributed by atoms with Gasteiger partial charge in [0.1, 0.15) is 22.8 Å². The average Bonchev–Trinajstić information content (AvgIpc) is 2.85. The van der Waals surface area contributed by atoms with Crippen LogP contribution in [-0.2, 0) is 5.60 Å². The van der Waals surface area contributed by atoms with E-state index in [1.54, 1.807) is 12.1 Å². The van der Waals surface area contributed by atoms with Crippen LogP contribution in [0.2, 0.25) is 0 Å². The van der Waals surface area contributed by atoms with Crippen LogP contribution in [0.3, 0.4) is 0 Å². The van der Waals surface area contributed by atoms with Crippen LogP contribution in [0.1, 0.15) is 51.2 Å². The van der Waals surface area contributed by atoms with Gasteiger partial charge < -0.3 is 9.52 Å². The molecule has 1 heterocycles. The molecule has 0 saturated heterocycles. The van der Waals surface area contributed by atoms with E-state index in [9.17, 15) is 9.50 Å². The fraction of sp³-hybridized carbons (Fsp3) is 0.529. The molecule has 0 atom stereocenters. The summed E-state index contributed by atoms with van der Waals surface area (Å²) < 4.78 is 19.0. The van der Waals surface area contributed by atoms with Gasteiger partial charge in [0.05, 0.1) is 0 Å². The fourth-order valence-corrected chi connectivity index (χ4v) is 3.34. The second kappa shape index (κ2) is 5.21. The van der Waals surface area contributed by atoms with E-state index in [1.165, 1.54) is 25.0 Å². The predicted molar refractivity (Wildman–Crippen MR) is 76.9 cm³/mol. The van der Waals surface area contributed by atoms with Gasteiger partial charge in [-0.1, -0.05) is 19.8 Å². The molecule has 3 heteroatoms. The van der Waals surface area contributed by atoms with Crippen LogP contribution in [0.25, 0.3) is 11.0 Å². The van der Waals surface area contributed by atoms with Crippen LogP contribution in [0.4, 0.5) is 4.39 Å². The molecule has 1 aromatic heterocycles.